The molecule has 0 radical (unpaired) electrons. The van der Waals surface area contributed by atoms with Gasteiger partial charge in [-0.1, -0.05) is 32.6 Å². The van der Waals surface area contributed by atoms with Crippen molar-refractivity contribution in [2.24, 2.45) is 0 Å². The van der Waals surface area contributed by atoms with Crippen LogP contribution < -0.4 is 4.74 Å². The van der Waals surface area contributed by atoms with Crippen molar-refractivity contribution in [1.82, 2.24) is 0 Å². The van der Waals surface area contributed by atoms with Gasteiger partial charge >= 0.3 is 5.97 Å². The summed E-state index contributed by atoms with van der Waals surface area (Å²) in [5.41, 5.74) is 0.141. The minimum Gasteiger partial charge on any atom is -0.488 e. The van der Waals surface area contributed by atoms with E-state index >= 15 is 0 Å². The molecule has 1 aromatic rings. The van der Waals surface area contributed by atoms with E-state index in [4.69, 9.17) is 9.84 Å². The lowest BCUT2D eigenvalue weighted by Crippen LogP contribution is -2.02. The number of hydrogen-bond acceptors (Lipinski definition) is 2. The van der Waals surface area contributed by atoms with Crippen LogP contribution in [0.4, 0.5) is 8.78 Å². The summed E-state index contributed by atoms with van der Waals surface area (Å²) < 4.78 is 32.6. The molecule has 0 aromatic heterocycles. The molecule has 0 aliphatic carbocycles. The van der Waals surface area contributed by atoms with E-state index in [9.17, 15) is 13.6 Å². The molecule has 1 rings (SSSR count). The Hall–Kier alpha value is -1.91. The third kappa shape index (κ3) is 6.38. The highest BCUT2D eigenvalue weighted by atomic mass is 19.1. The minimum absolute atomic E-state index is 0.141. The molecular formula is C16H20F2O3. The van der Waals surface area contributed by atoms with Crippen LogP contribution in [0.3, 0.4) is 0 Å². The van der Waals surface area contributed by atoms with Crippen molar-refractivity contribution in [3.63, 3.8) is 0 Å². The second kappa shape index (κ2) is 9.10. The molecule has 1 aromatic carbocycles. The van der Waals surface area contributed by atoms with Crippen molar-refractivity contribution in [3.8, 4) is 5.75 Å². The van der Waals surface area contributed by atoms with Crippen LogP contribution in [-0.2, 0) is 4.79 Å². The van der Waals surface area contributed by atoms with Crippen molar-refractivity contribution >= 4 is 12.0 Å². The summed E-state index contributed by atoms with van der Waals surface area (Å²) in [6.45, 7) is 2.38. The zero-order chi connectivity index (χ0) is 15.7. The second-order valence-electron chi connectivity index (χ2n) is 4.75. The maximum Gasteiger partial charge on any atom is 0.328 e. The summed E-state index contributed by atoms with van der Waals surface area (Å²) in [5.74, 6) is -3.23. The number of halogens is 2. The Morgan fingerprint density at radius 2 is 1.81 bits per heavy atom. The first-order chi connectivity index (χ1) is 10.0. The van der Waals surface area contributed by atoms with E-state index in [-0.39, 0.29) is 12.2 Å². The van der Waals surface area contributed by atoms with Gasteiger partial charge in [-0.05, 0) is 30.2 Å². The molecule has 0 heterocycles. The third-order valence-electron chi connectivity index (χ3n) is 2.93. The Balaban J connectivity index is 2.57. The molecule has 0 saturated heterocycles. The molecule has 0 spiro atoms. The Kier molecular flexibility index (Phi) is 7.43. The van der Waals surface area contributed by atoms with E-state index in [1.165, 1.54) is 0 Å². The van der Waals surface area contributed by atoms with Crippen molar-refractivity contribution in [1.29, 1.82) is 0 Å². The molecule has 0 saturated carbocycles. The first kappa shape index (κ1) is 17.1. The lowest BCUT2D eigenvalue weighted by molar-refractivity contribution is -0.131. The number of ether oxygens (including phenoxy) is 1. The number of aliphatic carboxylic acids is 1. The van der Waals surface area contributed by atoms with Gasteiger partial charge in [0.1, 0.15) is 0 Å². The maximum atomic E-state index is 13.7. The highest BCUT2D eigenvalue weighted by Gasteiger charge is 2.11. The van der Waals surface area contributed by atoms with Gasteiger partial charge < -0.3 is 9.84 Å². The quantitative estimate of drug-likeness (QED) is 0.542. The van der Waals surface area contributed by atoms with E-state index in [0.717, 1.165) is 56.4 Å². The van der Waals surface area contributed by atoms with E-state index in [2.05, 4.69) is 6.92 Å². The molecule has 21 heavy (non-hydrogen) atoms. The van der Waals surface area contributed by atoms with Crippen LogP contribution in [-0.4, -0.2) is 17.7 Å². The Morgan fingerprint density at radius 1 is 1.19 bits per heavy atom. The van der Waals surface area contributed by atoms with E-state index < -0.39 is 23.4 Å². The summed E-state index contributed by atoms with van der Waals surface area (Å²) in [7, 11) is 0. The van der Waals surface area contributed by atoms with Gasteiger partial charge in [-0.25, -0.2) is 13.6 Å². The standard InChI is InChI=1S/C16H20F2O3/c1-2-3-4-5-6-9-21-16-13(17)10-12(11-14(16)18)7-8-15(19)20/h7-8,10-11H,2-6,9H2,1H3,(H,19,20). The zero-order valence-corrected chi connectivity index (χ0v) is 12.1. The summed E-state index contributed by atoms with van der Waals surface area (Å²) in [6.07, 6.45) is 7.04. The van der Waals surface area contributed by atoms with E-state index in [1.807, 2.05) is 0 Å². The molecule has 0 aliphatic heterocycles. The molecule has 0 atom stereocenters. The van der Waals surface area contributed by atoms with Crippen LogP contribution in [0.25, 0.3) is 6.08 Å². The zero-order valence-electron chi connectivity index (χ0n) is 12.1. The topological polar surface area (TPSA) is 46.5 Å². The molecule has 0 bridgehead atoms. The molecule has 116 valence electrons. The van der Waals surface area contributed by atoms with E-state index in [0.29, 0.717) is 0 Å². The number of rotatable bonds is 9. The molecule has 5 heteroatoms. The summed E-state index contributed by atoms with van der Waals surface area (Å²) in [5, 5.41) is 8.47. The van der Waals surface area contributed by atoms with Gasteiger partial charge in [0.25, 0.3) is 0 Å². The highest BCUT2D eigenvalue weighted by molar-refractivity contribution is 5.85. The number of carboxylic acid groups (broad SMARTS) is 1. The first-order valence-corrected chi connectivity index (χ1v) is 7.07. The van der Waals surface area contributed by atoms with Gasteiger partial charge in [0.05, 0.1) is 6.61 Å². The Bertz CT molecular complexity index is 475. The Morgan fingerprint density at radius 3 is 2.38 bits per heavy atom. The predicted molar refractivity (Wildman–Crippen MR) is 77.3 cm³/mol. The number of benzene rings is 1. The Labute approximate surface area is 123 Å². The first-order valence-electron chi connectivity index (χ1n) is 7.07. The van der Waals surface area contributed by atoms with Gasteiger partial charge in [-0.3, -0.25) is 0 Å². The van der Waals surface area contributed by atoms with Crippen molar-refractivity contribution in [3.05, 3.63) is 35.4 Å². The van der Waals surface area contributed by atoms with Gasteiger partial charge in [-0.2, -0.15) is 0 Å². The summed E-state index contributed by atoms with van der Waals surface area (Å²) in [6, 6.07) is 2.10. The van der Waals surface area contributed by atoms with Crippen LogP contribution in [0.5, 0.6) is 5.75 Å². The highest BCUT2D eigenvalue weighted by Crippen LogP contribution is 2.24. The fourth-order valence-corrected chi connectivity index (χ4v) is 1.86. The molecular weight excluding hydrogens is 278 g/mol. The van der Waals surface area contributed by atoms with E-state index in [1.54, 1.807) is 0 Å². The van der Waals surface area contributed by atoms with Gasteiger partial charge in [-0.15, -0.1) is 0 Å². The van der Waals surface area contributed by atoms with Crippen LogP contribution in [0, 0.1) is 11.6 Å². The minimum atomic E-state index is -1.18. The lowest BCUT2D eigenvalue weighted by atomic mass is 10.1. The number of unbranched alkanes of at least 4 members (excludes halogenated alkanes) is 4. The molecule has 1 N–H and O–H groups in total. The molecule has 0 unspecified atom stereocenters. The fourth-order valence-electron chi connectivity index (χ4n) is 1.86. The molecule has 0 fully saturated rings. The SMILES string of the molecule is CCCCCCCOc1c(F)cc(C=CC(=O)O)cc1F. The van der Waals surface area contributed by atoms with Crippen LogP contribution in [0.1, 0.15) is 44.6 Å². The number of hydrogen-bond donors (Lipinski definition) is 1. The van der Waals surface area contributed by atoms with Gasteiger partial charge in [0.15, 0.2) is 17.4 Å². The number of carboxylic acids is 1. The van der Waals surface area contributed by atoms with Gasteiger partial charge in [0.2, 0.25) is 0 Å². The van der Waals surface area contributed by atoms with Crippen LogP contribution in [0.2, 0.25) is 0 Å². The van der Waals surface area contributed by atoms with Crippen molar-refractivity contribution in [2.75, 3.05) is 6.61 Å². The summed E-state index contributed by atoms with van der Waals surface area (Å²) in [4.78, 5) is 10.4. The summed E-state index contributed by atoms with van der Waals surface area (Å²) >= 11 is 0. The largest absolute Gasteiger partial charge is 0.488 e. The molecule has 0 amide bonds. The van der Waals surface area contributed by atoms with Crippen molar-refractivity contribution in [2.45, 2.75) is 39.0 Å². The lowest BCUT2D eigenvalue weighted by Gasteiger charge is -2.09. The maximum absolute atomic E-state index is 13.7. The van der Waals surface area contributed by atoms with Crippen LogP contribution >= 0.6 is 0 Å². The third-order valence-corrected chi connectivity index (χ3v) is 2.93. The average Bonchev–Trinajstić information content (AvgIpc) is 2.42. The monoisotopic (exact) mass is 298 g/mol. The number of carbonyl (C=O) groups is 1. The van der Waals surface area contributed by atoms with Gasteiger partial charge in [0, 0.05) is 6.08 Å². The smallest absolute Gasteiger partial charge is 0.328 e. The molecule has 3 nitrogen and oxygen atoms in total. The average molecular weight is 298 g/mol. The second-order valence-corrected chi connectivity index (χ2v) is 4.75. The normalized spacial score (nSPS) is 11.0. The van der Waals surface area contributed by atoms with Crippen LogP contribution in [0.15, 0.2) is 18.2 Å². The molecule has 0 aliphatic rings. The fraction of sp³-hybridized carbons (Fsp3) is 0.438. The predicted octanol–water partition coefficient (Wildman–Crippen LogP) is 4.41. The van der Waals surface area contributed by atoms with Crippen molar-refractivity contribution < 1.29 is 23.4 Å².